The van der Waals surface area contributed by atoms with Gasteiger partial charge in [-0.2, -0.15) is 0 Å². The minimum atomic E-state index is -0.176. The Morgan fingerprint density at radius 3 is 2.52 bits per heavy atom. The Balaban J connectivity index is 1.36. The summed E-state index contributed by atoms with van der Waals surface area (Å²) in [6, 6.07) is 13.9. The summed E-state index contributed by atoms with van der Waals surface area (Å²) < 4.78 is 5.59. The Hall–Kier alpha value is -2.73. The average molecular weight is 417 g/mol. The van der Waals surface area contributed by atoms with E-state index in [1.54, 1.807) is 35.2 Å². The number of rotatable bonds is 7. The fraction of sp³-hybridized carbons (Fsp3) is 0.364. The lowest BCUT2D eigenvalue weighted by Gasteiger charge is -2.32. The molecule has 154 valence electrons. The number of nitrogens with zero attached hydrogens (tertiary/aromatic N) is 1. The normalized spacial score (nSPS) is 14.4. The van der Waals surface area contributed by atoms with E-state index in [4.69, 9.17) is 16.3 Å². The second-order valence-electron chi connectivity index (χ2n) is 7.03. The molecule has 0 radical (unpaired) electrons. The van der Waals surface area contributed by atoms with Crippen molar-refractivity contribution in [3.63, 3.8) is 0 Å². The van der Waals surface area contributed by atoms with Crippen LogP contribution in [0.1, 0.15) is 36.0 Å². The molecule has 1 aliphatic heterocycles. The number of aromatic hydroxyl groups is 1. The molecule has 6 nitrogen and oxygen atoms in total. The number of hydrogen-bond donors (Lipinski definition) is 2. The lowest BCUT2D eigenvalue weighted by molar-refractivity contribution is -0.122. The summed E-state index contributed by atoms with van der Waals surface area (Å²) in [5.74, 6) is 0.422. The third-order valence-corrected chi connectivity index (χ3v) is 5.24. The number of benzene rings is 2. The number of phenolic OH excluding ortho intramolecular Hbond substituents is 1. The third kappa shape index (κ3) is 5.87. The Kier molecular flexibility index (Phi) is 7.36. The molecule has 29 heavy (non-hydrogen) atoms. The molecule has 2 amide bonds. The van der Waals surface area contributed by atoms with Crippen LogP contribution >= 0.6 is 11.6 Å². The highest BCUT2D eigenvalue weighted by Gasteiger charge is 2.25. The summed E-state index contributed by atoms with van der Waals surface area (Å²) >= 11 is 6.03. The van der Waals surface area contributed by atoms with Gasteiger partial charge in [0.2, 0.25) is 5.91 Å². The van der Waals surface area contributed by atoms with Crippen LogP contribution in [0.2, 0.25) is 5.02 Å². The van der Waals surface area contributed by atoms with E-state index in [1.165, 1.54) is 6.07 Å². The van der Waals surface area contributed by atoms with Crippen molar-refractivity contribution < 1.29 is 19.4 Å². The first kappa shape index (κ1) is 21.0. The Bertz CT molecular complexity index is 850. The van der Waals surface area contributed by atoms with Crippen molar-refractivity contribution in [3.8, 4) is 11.5 Å². The second-order valence-corrected chi connectivity index (χ2v) is 7.44. The lowest BCUT2D eigenvalue weighted by atomic mass is 10.0. The van der Waals surface area contributed by atoms with Crippen molar-refractivity contribution in [1.29, 1.82) is 0 Å². The second kappa shape index (κ2) is 10.2. The fourth-order valence-electron chi connectivity index (χ4n) is 3.33. The van der Waals surface area contributed by atoms with Crippen LogP contribution in [0.3, 0.4) is 0 Å². The molecule has 1 aliphatic rings. The number of ether oxygens (including phenoxy) is 1. The van der Waals surface area contributed by atoms with E-state index in [0.29, 0.717) is 61.7 Å². The summed E-state index contributed by atoms with van der Waals surface area (Å²) in [4.78, 5) is 26.4. The highest BCUT2D eigenvalue weighted by molar-refractivity contribution is 6.32. The summed E-state index contributed by atoms with van der Waals surface area (Å²) in [7, 11) is 0. The molecular formula is C22H25ClN2O4. The number of piperidine rings is 1. The molecule has 7 heteroatoms. The summed E-state index contributed by atoms with van der Waals surface area (Å²) in [6.07, 6.45) is 2.37. The number of carbonyl (C=O) groups excluding carboxylic acids is 2. The van der Waals surface area contributed by atoms with Gasteiger partial charge in [-0.15, -0.1) is 0 Å². The average Bonchev–Trinajstić information content (AvgIpc) is 2.73. The van der Waals surface area contributed by atoms with Crippen molar-refractivity contribution in [2.24, 2.45) is 0 Å². The van der Waals surface area contributed by atoms with Crippen LogP contribution in [-0.2, 0) is 4.79 Å². The maximum Gasteiger partial charge on any atom is 0.257 e. The fourth-order valence-corrected chi connectivity index (χ4v) is 3.52. The van der Waals surface area contributed by atoms with Gasteiger partial charge in [0.15, 0.2) is 0 Å². The smallest absolute Gasteiger partial charge is 0.257 e. The zero-order valence-corrected chi connectivity index (χ0v) is 16.9. The van der Waals surface area contributed by atoms with Gasteiger partial charge in [0.25, 0.3) is 5.91 Å². The van der Waals surface area contributed by atoms with Gasteiger partial charge in [-0.1, -0.05) is 35.9 Å². The van der Waals surface area contributed by atoms with E-state index in [9.17, 15) is 14.7 Å². The quantitative estimate of drug-likeness (QED) is 0.675. The minimum absolute atomic E-state index is 0.00747. The molecule has 1 heterocycles. The standard InChI is InChI=1S/C22H25ClN2O4/c23-18-7-2-4-9-20(18)29-15-5-10-21(27)24-16-11-13-25(14-12-16)22(28)17-6-1-3-8-19(17)26/h1-4,6-9,16,26H,5,10-15H2,(H,24,27). The van der Waals surface area contributed by atoms with Gasteiger partial charge in [0.05, 0.1) is 17.2 Å². The minimum Gasteiger partial charge on any atom is -0.507 e. The van der Waals surface area contributed by atoms with E-state index in [0.717, 1.165) is 0 Å². The van der Waals surface area contributed by atoms with Crippen LogP contribution in [0, 0.1) is 0 Å². The van der Waals surface area contributed by atoms with E-state index in [2.05, 4.69) is 5.32 Å². The molecule has 1 fully saturated rings. The van der Waals surface area contributed by atoms with Crippen LogP contribution in [0.4, 0.5) is 0 Å². The van der Waals surface area contributed by atoms with Crippen molar-refractivity contribution in [3.05, 3.63) is 59.1 Å². The molecule has 2 aromatic rings. The SMILES string of the molecule is O=C(CCCOc1ccccc1Cl)NC1CCN(C(=O)c2ccccc2O)CC1. The maximum absolute atomic E-state index is 12.5. The number of para-hydroxylation sites is 2. The molecule has 2 aromatic carbocycles. The van der Waals surface area contributed by atoms with E-state index in [1.807, 2.05) is 12.1 Å². The highest BCUT2D eigenvalue weighted by atomic mass is 35.5. The van der Waals surface area contributed by atoms with Crippen LogP contribution in [0.25, 0.3) is 0 Å². The molecule has 0 aromatic heterocycles. The zero-order chi connectivity index (χ0) is 20.6. The first-order valence-electron chi connectivity index (χ1n) is 9.78. The number of likely N-dealkylation sites (tertiary alicyclic amines) is 1. The summed E-state index contributed by atoms with van der Waals surface area (Å²) in [5, 5.41) is 13.4. The van der Waals surface area contributed by atoms with Crippen molar-refractivity contribution in [2.75, 3.05) is 19.7 Å². The first-order chi connectivity index (χ1) is 14.0. The molecular weight excluding hydrogens is 392 g/mol. The summed E-state index contributed by atoms with van der Waals surface area (Å²) in [5.41, 5.74) is 0.313. The van der Waals surface area contributed by atoms with Crippen LogP contribution in [0.15, 0.2) is 48.5 Å². The molecule has 0 unspecified atom stereocenters. The number of nitrogens with one attached hydrogen (secondary N) is 1. The maximum atomic E-state index is 12.5. The Morgan fingerprint density at radius 1 is 1.10 bits per heavy atom. The number of amides is 2. The first-order valence-corrected chi connectivity index (χ1v) is 10.2. The van der Waals surface area contributed by atoms with Crippen LogP contribution in [0.5, 0.6) is 11.5 Å². The predicted octanol–water partition coefficient (Wildman–Crippen LogP) is 3.63. The Labute approximate surface area is 175 Å². The van der Waals surface area contributed by atoms with Gasteiger partial charge in [-0.25, -0.2) is 0 Å². The predicted molar refractivity (Wildman–Crippen MR) is 111 cm³/mol. The van der Waals surface area contributed by atoms with E-state index >= 15 is 0 Å². The molecule has 0 spiro atoms. The topological polar surface area (TPSA) is 78.9 Å². The molecule has 0 bridgehead atoms. The monoisotopic (exact) mass is 416 g/mol. The largest absolute Gasteiger partial charge is 0.507 e. The summed E-state index contributed by atoms with van der Waals surface area (Å²) in [6.45, 7) is 1.52. The van der Waals surface area contributed by atoms with Gasteiger partial charge in [0, 0.05) is 25.6 Å². The molecule has 0 aliphatic carbocycles. The van der Waals surface area contributed by atoms with Crippen LogP contribution < -0.4 is 10.1 Å². The number of phenols is 1. The van der Waals surface area contributed by atoms with Gasteiger partial charge in [0.1, 0.15) is 11.5 Å². The number of hydrogen-bond acceptors (Lipinski definition) is 4. The zero-order valence-electron chi connectivity index (χ0n) is 16.1. The van der Waals surface area contributed by atoms with Gasteiger partial charge in [-0.05, 0) is 43.5 Å². The third-order valence-electron chi connectivity index (χ3n) is 4.92. The molecule has 2 N–H and O–H groups in total. The van der Waals surface area contributed by atoms with Crippen molar-refractivity contribution in [1.82, 2.24) is 10.2 Å². The van der Waals surface area contributed by atoms with E-state index < -0.39 is 0 Å². The molecule has 0 saturated carbocycles. The lowest BCUT2D eigenvalue weighted by Crippen LogP contribution is -2.46. The van der Waals surface area contributed by atoms with E-state index in [-0.39, 0.29) is 23.6 Å². The number of halogens is 1. The molecule has 1 saturated heterocycles. The van der Waals surface area contributed by atoms with Gasteiger partial charge < -0.3 is 20.1 Å². The molecule has 3 rings (SSSR count). The van der Waals surface area contributed by atoms with Gasteiger partial charge >= 0.3 is 0 Å². The van der Waals surface area contributed by atoms with Crippen LogP contribution in [-0.4, -0.2) is 47.6 Å². The highest BCUT2D eigenvalue weighted by Crippen LogP contribution is 2.23. The Morgan fingerprint density at radius 2 is 1.79 bits per heavy atom. The van der Waals surface area contributed by atoms with Crippen molar-refractivity contribution >= 4 is 23.4 Å². The van der Waals surface area contributed by atoms with Crippen molar-refractivity contribution in [2.45, 2.75) is 31.7 Å². The number of carbonyl (C=O) groups is 2. The van der Waals surface area contributed by atoms with Gasteiger partial charge in [-0.3, -0.25) is 9.59 Å². The molecule has 0 atom stereocenters.